The molecule has 0 fully saturated rings. The van der Waals surface area contributed by atoms with Gasteiger partial charge in [-0.25, -0.2) is 0 Å². The molecule has 2 nitrogen and oxygen atoms in total. The number of hydrogen-bond donors (Lipinski definition) is 1. The first-order valence-electron chi connectivity index (χ1n) is 4.26. The van der Waals surface area contributed by atoms with Gasteiger partial charge in [-0.05, 0) is 19.1 Å². The number of hydrogen-bond acceptors (Lipinski definition) is 2. The van der Waals surface area contributed by atoms with Gasteiger partial charge in [-0.3, -0.25) is 0 Å². The number of nitrogens with one attached hydrogen (secondary N) is 1. The van der Waals surface area contributed by atoms with Gasteiger partial charge in [0.15, 0.2) is 0 Å². The van der Waals surface area contributed by atoms with E-state index in [1.165, 1.54) is 11.4 Å². The molecule has 0 aromatic heterocycles. The zero-order valence-electron chi connectivity index (χ0n) is 7.96. The van der Waals surface area contributed by atoms with Crippen molar-refractivity contribution in [2.24, 2.45) is 0 Å². The van der Waals surface area contributed by atoms with E-state index in [2.05, 4.69) is 49.4 Å². The van der Waals surface area contributed by atoms with E-state index in [9.17, 15) is 0 Å². The zero-order valence-corrected chi connectivity index (χ0v) is 7.96. The largest absolute Gasteiger partial charge is 0.384 e. The summed E-state index contributed by atoms with van der Waals surface area (Å²) >= 11 is 0. The fraction of sp³-hybridized carbons (Fsp3) is 0.400. The molecule has 0 bridgehead atoms. The zero-order chi connectivity index (χ0) is 8.97. The van der Waals surface area contributed by atoms with E-state index in [4.69, 9.17) is 0 Å². The predicted octanol–water partition coefficient (Wildman–Crippen LogP) is 2.43. The van der Waals surface area contributed by atoms with Crippen LogP contribution in [0.25, 0.3) is 0 Å². The van der Waals surface area contributed by atoms with Crippen LogP contribution in [-0.4, -0.2) is 20.6 Å². The van der Waals surface area contributed by atoms with Crippen LogP contribution >= 0.6 is 0 Å². The van der Waals surface area contributed by atoms with Gasteiger partial charge in [0, 0.05) is 22.1 Å². The van der Waals surface area contributed by atoms with E-state index >= 15 is 0 Å². The number of para-hydroxylation sites is 2. The van der Waals surface area contributed by atoms with E-state index in [1.807, 2.05) is 6.07 Å². The summed E-state index contributed by atoms with van der Waals surface area (Å²) in [7, 11) is 4.10. The highest BCUT2D eigenvalue weighted by Crippen LogP contribution is 2.22. The summed E-state index contributed by atoms with van der Waals surface area (Å²) in [5, 5.41) is 3.32. The molecule has 0 amide bonds. The van der Waals surface area contributed by atoms with Gasteiger partial charge in [-0.1, -0.05) is 12.1 Å². The second-order valence-electron chi connectivity index (χ2n) is 2.94. The Kier molecular flexibility index (Phi) is 2.97. The van der Waals surface area contributed by atoms with Gasteiger partial charge in [0.2, 0.25) is 0 Å². The molecule has 0 saturated heterocycles. The van der Waals surface area contributed by atoms with E-state index in [0.717, 1.165) is 6.54 Å². The third-order valence-corrected chi connectivity index (χ3v) is 1.75. The highest BCUT2D eigenvalue weighted by atomic mass is 15.1. The highest BCUT2D eigenvalue weighted by molar-refractivity contribution is 5.69. The van der Waals surface area contributed by atoms with Crippen LogP contribution in [0.3, 0.4) is 0 Å². The molecule has 1 N–H and O–H groups in total. The molecule has 2 heteroatoms. The van der Waals surface area contributed by atoms with Gasteiger partial charge in [0.25, 0.3) is 0 Å². The molecule has 0 radical (unpaired) electrons. The maximum atomic E-state index is 3.32. The van der Waals surface area contributed by atoms with Crippen molar-refractivity contribution in [1.82, 2.24) is 0 Å². The van der Waals surface area contributed by atoms with Crippen LogP contribution in [0.1, 0.15) is 8.35 Å². The predicted molar refractivity (Wildman–Crippen MR) is 57.0 cm³/mol. The van der Waals surface area contributed by atoms with E-state index in [-0.39, 0.29) is 1.43 Å². The summed E-state index contributed by atoms with van der Waals surface area (Å²) in [6.45, 7) is 3.07. The first kappa shape index (κ1) is 8.91. The molecule has 0 heterocycles. The molecule has 0 saturated carbocycles. The van der Waals surface area contributed by atoms with Gasteiger partial charge in [-0.15, -0.1) is 0 Å². The van der Waals surface area contributed by atoms with Gasteiger partial charge < -0.3 is 10.2 Å². The van der Waals surface area contributed by atoms with Gasteiger partial charge in [-0.2, -0.15) is 0 Å². The minimum absolute atomic E-state index is 0. The second-order valence-corrected chi connectivity index (χ2v) is 2.94. The minimum atomic E-state index is 0. The van der Waals surface area contributed by atoms with Crippen molar-refractivity contribution >= 4 is 11.4 Å². The van der Waals surface area contributed by atoms with E-state index in [0.29, 0.717) is 0 Å². The van der Waals surface area contributed by atoms with Crippen molar-refractivity contribution in [1.29, 1.82) is 0 Å². The van der Waals surface area contributed by atoms with Crippen molar-refractivity contribution in [3.63, 3.8) is 0 Å². The van der Waals surface area contributed by atoms with Crippen LogP contribution in [0.5, 0.6) is 0 Å². The molecule has 12 heavy (non-hydrogen) atoms. The first-order chi connectivity index (χ1) is 5.75. The van der Waals surface area contributed by atoms with Crippen LogP contribution in [0.4, 0.5) is 11.4 Å². The van der Waals surface area contributed by atoms with Crippen molar-refractivity contribution in [2.45, 2.75) is 6.92 Å². The Labute approximate surface area is 75.7 Å². The Balaban J connectivity index is 0.00000144. The van der Waals surface area contributed by atoms with Gasteiger partial charge >= 0.3 is 0 Å². The summed E-state index contributed by atoms with van der Waals surface area (Å²) in [6.07, 6.45) is 0. The van der Waals surface area contributed by atoms with Crippen molar-refractivity contribution < 1.29 is 1.43 Å². The Morgan fingerprint density at radius 3 is 2.58 bits per heavy atom. The van der Waals surface area contributed by atoms with Gasteiger partial charge in [0.05, 0.1) is 11.4 Å². The summed E-state index contributed by atoms with van der Waals surface area (Å²) in [4.78, 5) is 2.11. The number of nitrogens with zero attached hydrogens (tertiary/aromatic N) is 1. The summed E-state index contributed by atoms with van der Waals surface area (Å²) in [5.74, 6) is 0. The maximum absolute atomic E-state index is 3.32. The summed E-state index contributed by atoms with van der Waals surface area (Å²) in [6, 6.07) is 8.30. The molecular weight excluding hydrogens is 148 g/mol. The lowest BCUT2D eigenvalue weighted by molar-refractivity contribution is 1.12. The standard InChI is InChI=1S/C10H16N2.H2/c1-4-11-9-7-5-6-8-10(9)12(2)3;/h5-8,11H,4H2,1-3H3;1H. The van der Waals surface area contributed by atoms with Crippen molar-refractivity contribution in [2.75, 3.05) is 30.9 Å². The Bertz CT molecular complexity index is 248. The van der Waals surface area contributed by atoms with Crippen LogP contribution in [0, 0.1) is 0 Å². The lowest BCUT2D eigenvalue weighted by Gasteiger charge is -2.17. The maximum Gasteiger partial charge on any atom is 0.0596 e. The lowest BCUT2D eigenvalue weighted by atomic mass is 10.2. The fourth-order valence-corrected chi connectivity index (χ4v) is 1.20. The Hall–Kier alpha value is -1.18. The molecule has 0 atom stereocenters. The van der Waals surface area contributed by atoms with Crippen LogP contribution in [-0.2, 0) is 0 Å². The lowest BCUT2D eigenvalue weighted by Crippen LogP contribution is -2.11. The summed E-state index contributed by atoms with van der Waals surface area (Å²) in [5.41, 5.74) is 2.43. The van der Waals surface area contributed by atoms with Crippen molar-refractivity contribution in [3.8, 4) is 0 Å². The molecule has 1 aromatic rings. The second kappa shape index (κ2) is 4.00. The average molecular weight is 166 g/mol. The molecular formula is C10H18N2. The SMILES string of the molecule is CCNc1ccccc1N(C)C.[HH]. The van der Waals surface area contributed by atoms with E-state index in [1.54, 1.807) is 0 Å². The molecule has 0 spiro atoms. The fourth-order valence-electron chi connectivity index (χ4n) is 1.20. The minimum Gasteiger partial charge on any atom is -0.384 e. The van der Waals surface area contributed by atoms with Crippen LogP contribution in [0.2, 0.25) is 0 Å². The quantitative estimate of drug-likeness (QED) is 0.742. The molecule has 68 valence electrons. The molecule has 0 aliphatic heterocycles. The Morgan fingerprint density at radius 1 is 1.33 bits per heavy atom. The molecule has 0 unspecified atom stereocenters. The van der Waals surface area contributed by atoms with Crippen LogP contribution < -0.4 is 10.2 Å². The highest BCUT2D eigenvalue weighted by Gasteiger charge is 2.00. The van der Waals surface area contributed by atoms with E-state index < -0.39 is 0 Å². The first-order valence-corrected chi connectivity index (χ1v) is 4.26. The Morgan fingerprint density at radius 2 is 2.00 bits per heavy atom. The third-order valence-electron chi connectivity index (χ3n) is 1.75. The average Bonchev–Trinajstić information content (AvgIpc) is 2.05. The number of anilines is 2. The monoisotopic (exact) mass is 166 g/mol. The molecule has 0 aliphatic rings. The van der Waals surface area contributed by atoms with Crippen molar-refractivity contribution in [3.05, 3.63) is 24.3 Å². The third kappa shape index (κ3) is 1.91. The topological polar surface area (TPSA) is 15.3 Å². The molecule has 1 aromatic carbocycles. The smallest absolute Gasteiger partial charge is 0.0596 e. The summed E-state index contributed by atoms with van der Waals surface area (Å²) < 4.78 is 0. The van der Waals surface area contributed by atoms with Crippen LogP contribution in [0.15, 0.2) is 24.3 Å². The number of benzene rings is 1. The molecule has 0 aliphatic carbocycles. The molecule has 1 rings (SSSR count). The van der Waals surface area contributed by atoms with Gasteiger partial charge in [0.1, 0.15) is 0 Å². The normalized spacial score (nSPS) is 9.58. The number of rotatable bonds is 3.